The van der Waals surface area contributed by atoms with E-state index in [1.165, 1.54) is 12.8 Å². The van der Waals surface area contributed by atoms with Gasteiger partial charge in [-0.3, -0.25) is 4.99 Å². The molecule has 2 aromatic rings. The van der Waals surface area contributed by atoms with Gasteiger partial charge in [-0.2, -0.15) is 4.68 Å². The summed E-state index contributed by atoms with van der Waals surface area (Å²) in [5.74, 6) is 3.78. The number of allylic oxidation sites excluding steroid dienone is 2. The summed E-state index contributed by atoms with van der Waals surface area (Å²) < 4.78 is 1.78. The molecule has 1 fully saturated rings. The topological polar surface area (TPSA) is 94.9 Å². The van der Waals surface area contributed by atoms with E-state index in [1.807, 2.05) is 26.8 Å². The molecule has 136 valence electrons. The number of aliphatic imine (C=N–C) groups is 1. The molecule has 0 amide bonds. The maximum Gasteiger partial charge on any atom is 0.159 e. The van der Waals surface area contributed by atoms with Crippen LogP contribution in [0, 0.1) is 26.7 Å². The van der Waals surface area contributed by atoms with Crippen molar-refractivity contribution in [2.45, 2.75) is 52.4 Å². The van der Waals surface area contributed by atoms with Gasteiger partial charge in [0.05, 0.1) is 5.69 Å². The van der Waals surface area contributed by atoms with Gasteiger partial charge in [0.15, 0.2) is 5.82 Å². The maximum absolute atomic E-state index is 6.36. The zero-order valence-corrected chi connectivity index (χ0v) is 15.6. The molecule has 2 aliphatic rings. The van der Waals surface area contributed by atoms with Crippen molar-refractivity contribution in [1.82, 2.24) is 24.7 Å². The number of nitrogens with two attached hydrogens (primary N) is 1. The summed E-state index contributed by atoms with van der Waals surface area (Å²) in [6.45, 7) is 6.66. The molecule has 0 aromatic carbocycles. The molecule has 0 unspecified atom stereocenters. The van der Waals surface area contributed by atoms with E-state index >= 15 is 0 Å². The van der Waals surface area contributed by atoms with E-state index < -0.39 is 0 Å². The zero-order valence-electron chi connectivity index (χ0n) is 15.6. The molecule has 1 saturated carbocycles. The minimum atomic E-state index is 0.348. The molecule has 3 heterocycles. The molecule has 1 aliphatic carbocycles. The van der Waals surface area contributed by atoms with Crippen molar-refractivity contribution in [2.75, 3.05) is 6.54 Å². The highest BCUT2D eigenvalue weighted by Gasteiger charge is 2.41. The molecular formula is C19H25N7. The smallest absolute Gasteiger partial charge is 0.159 e. The van der Waals surface area contributed by atoms with E-state index in [0.29, 0.717) is 11.8 Å². The van der Waals surface area contributed by atoms with E-state index in [9.17, 15) is 0 Å². The fourth-order valence-corrected chi connectivity index (χ4v) is 3.64. The standard InChI is InChI=1S/C19H25N7/c1-11-23-18(10-19(24-11)26-13(3)22-12(2)25-26)16-9-15(16)17(20)8-14-6-4-5-7-21-14/h8,10,15-16H,4-7,9,20H2,1-3H3/b17-8-/t15-,16-/m1/s1. The van der Waals surface area contributed by atoms with Crippen LogP contribution in [0.5, 0.6) is 0 Å². The molecule has 4 rings (SSSR count). The average molecular weight is 351 g/mol. The van der Waals surface area contributed by atoms with Crippen molar-refractivity contribution in [1.29, 1.82) is 0 Å². The summed E-state index contributed by atoms with van der Waals surface area (Å²) in [5.41, 5.74) is 9.47. The van der Waals surface area contributed by atoms with Crippen molar-refractivity contribution >= 4 is 5.71 Å². The molecule has 0 spiro atoms. The Hall–Kier alpha value is -2.57. The van der Waals surface area contributed by atoms with Gasteiger partial charge in [0, 0.05) is 35.9 Å². The second-order valence-corrected chi connectivity index (χ2v) is 7.24. The maximum atomic E-state index is 6.36. The molecule has 7 heteroatoms. The van der Waals surface area contributed by atoms with Gasteiger partial charge in [0.1, 0.15) is 17.5 Å². The van der Waals surface area contributed by atoms with E-state index in [-0.39, 0.29) is 0 Å². The lowest BCUT2D eigenvalue weighted by Crippen LogP contribution is -2.10. The molecule has 26 heavy (non-hydrogen) atoms. The first kappa shape index (κ1) is 16.9. The van der Waals surface area contributed by atoms with Crippen LogP contribution >= 0.6 is 0 Å². The molecule has 2 atom stereocenters. The molecule has 2 aromatic heterocycles. The number of nitrogens with zero attached hydrogens (tertiary/aromatic N) is 6. The van der Waals surface area contributed by atoms with Gasteiger partial charge < -0.3 is 5.73 Å². The van der Waals surface area contributed by atoms with Crippen LogP contribution in [0.1, 0.15) is 54.8 Å². The monoisotopic (exact) mass is 351 g/mol. The first-order valence-corrected chi connectivity index (χ1v) is 9.28. The van der Waals surface area contributed by atoms with E-state index in [2.05, 4.69) is 31.1 Å². The highest BCUT2D eigenvalue weighted by Crippen LogP contribution is 2.50. The quantitative estimate of drug-likeness (QED) is 0.913. The fraction of sp³-hybridized carbons (Fsp3) is 0.526. The van der Waals surface area contributed by atoms with Crippen molar-refractivity contribution in [3.63, 3.8) is 0 Å². The number of hydrogen-bond acceptors (Lipinski definition) is 6. The van der Waals surface area contributed by atoms with Crippen molar-refractivity contribution in [2.24, 2.45) is 16.6 Å². The molecule has 0 bridgehead atoms. The van der Waals surface area contributed by atoms with Crippen LogP contribution in [0.4, 0.5) is 0 Å². The van der Waals surface area contributed by atoms with Gasteiger partial charge in [-0.05, 0) is 52.5 Å². The molecule has 1 aliphatic heterocycles. The van der Waals surface area contributed by atoms with Crippen LogP contribution in [0.25, 0.3) is 5.82 Å². The Labute approximate surface area is 153 Å². The third-order valence-electron chi connectivity index (χ3n) is 5.02. The number of aryl methyl sites for hydroxylation is 3. The minimum Gasteiger partial charge on any atom is -0.402 e. The Bertz CT molecular complexity index is 893. The average Bonchev–Trinajstić information content (AvgIpc) is 3.34. The van der Waals surface area contributed by atoms with Gasteiger partial charge in [-0.25, -0.2) is 15.0 Å². The third-order valence-corrected chi connectivity index (χ3v) is 5.02. The Balaban J connectivity index is 1.57. The molecule has 0 radical (unpaired) electrons. The molecule has 7 nitrogen and oxygen atoms in total. The number of aromatic nitrogens is 5. The SMILES string of the molecule is Cc1nc([C@@H]2C[C@H]2/C(N)=C/C2=NCCCC2)cc(-n2nc(C)nc2C)n1. The van der Waals surface area contributed by atoms with Crippen LogP contribution in [-0.2, 0) is 0 Å². The molecule has 2 N–H and O–H groups in total. The second-order valence-electron chi connectivity index (χ2n) is 7.24. The Morgan fingerprint density at radius 1 is 1.15 bits per heavy atom. The highest BCUT2D eigenvalue weighted by atomic mass is 15.4. The second kappa shape index (κ2) is 6.63. The minimum absolute atomic E-state index is 0.348. The normalized spacial score (nSPS) is 23.0. The summed E-state index contributed by atoms with van der Waals surface area (Å²) in [5, 5.41) is 4.44. The van der Waals surface area contributed by atoms with Crippen LogP contribution < -0.4 is 5.73 Å². The predicted octanol–water partition coefficient (Wildman–Crippen LogP) is 2.55. The Morgan fingerprint density at radius 3 is 2.69 bits per heavy atom. The fourth-order valence-electron chi connectivity index (χ4n) is 3.64. The van der Waals surface area contributed by atoms with Crippen molar-refractivity contribution in [3.8, 4) is 5.82 Å². The highest BCUT2D eigenvalue weighted by molar-refractivity contribution is 5.95. The van der Waals surface area contributed by atoms with Gasteiger partial charge >= 0.3 is 0 Å². The lowest BCUT2D eigenvalue weighted by atomic mass is 10.1. The lowest BCUT2D eigenvalue weighted by Gasteiger charge is -2.10. The van der Waals surface area contributed by atoms with Crippen LogP contribution in [0.15, 0.2) is 22.8 Å². The predicted molar refractivity (Wildman–Crippen MR) is 100 cm³/mol. The third kappa shape index (κ3) is 3.38. The summed E-state index contributed by atoms with van der Waals surface area (Å²) in [6, 6.07) is 2.02. The van der Waals surface area contributed by atoms with Crippen molar-refractivity contribution < 1.29 is 0 Å². The summed E-state index contributed by atoms with van der Waals surface area (Å²) in [6.07, 6.45) is 6.56. The first-order valence-electron chi connectivity index (χ1n) is 9.28. The number of rotatable bonds is 4. The van der Waals surface area contributed by atoms with Gasteiger partial charge in [0.2, 0.25) is 0 Å². The lowest BCUT2D eigenvalue weighted by molar-refractivity contribution is 0.739. The Kier molecular flexibility index (Phi) is 4.30. The van der Waals surface area contributed by atoms with Gasteiger partial charge in [-0.15, -0.1) is 5.10 Å². The summed E-state index contributed by atoms with van der Waals surface area (Å²) >= 11 is 0. The van der Waals surface area contributed by atoms with Gasteiger partial charge in [-0.1, -0.05) is 0 Å². The van der Waals surface area contributed by atoms with Crippen LogP contribution in [0.2, 0.25) is 0 Å². The zero-order chi connectivity index (χ0) is 18.3. The number of hydrogen-bond donors (Lipinski definition) is 1. The summed E-state index contributed by atoms with van der Waals surface area (Å²) in [7, 11) is 0. The van der Waals surface area contributed by atoms with Crippen LogP contribution in [-0.4, -0.2) is 37.0 Å². The van der Waals surface area contributed by atoms with Crippen molar-refractivity contribution in [3.05, 3.63) is 41.0 Å². The van der Waals surface area contributed by atoms with Crippen LogP contribution in [0.3, 0.4) is 0 Å². The van der Waals surface area contributed by atoms with E-state index in [4.69, 9.17) is 5.73 Å². The molecular weight excluding hydrogens is 326 g/mol. The Morgan fingerprint density at radius 2 is 2.00 bits per heavy atom. The first-order chi connectivity index (χ1) is 12.5. The van der Waals surface area contributed by atoms with E-state index in [0.717, 1.165) is 59.8 Å². The van der Waals surface area contributed by atoms with E-state index in [1.54, 1.807) is 4.68 Å². The van der Waals surface area contributed by atoms with Gasteiger partial charge in [0.25, 0.3) is 0 Å². The summed E-state index contributed by atoms with van der Waals surface area (Å²) in [4.78, 5) is 18.1. The largest absolute Gasteiger partial charge is 0.402 e. The molecule has 0 saturated heterocycles.